The van der Waals surface area contributed by atoms with Crippen molar-refractivity contribution in [1.82, 2.24) is 4.57 Å². The smallest absolute Gasteiger partial charge is 0.343 e. The van der Waals surface area contributed by atoms with Crippen LogP contribution in [0.25, 0.3) is 10.9 Å². The second-order valence-electron chi connectivity index (χ2n) is 10.00. The SMILES string of the molecule is O=C(OCc1ccccc1)c1cn(C2CC2)c2c3c(c(F)cc2c1=O)N1CC[C@](O)(CO)C[C@@H]1CO3. The van der Waals surface area contributed by atoms with Gasteiger partial charge in [0.15, 0.2) is 11.6 Å². The van der Waals surface area contributed by atoms with Gasteiger partial charge in [0.2, 0.25) is 5.43 Å². The van der Waals surface area contributed by atoms with Crippen LogP contribution in [0.5, 0.6) is 5.75 Å². The lowest BCUT2D eigenvalue weighted by molar-refractivity contribution is -0.0470. The van der Waals surface area contributed by atoms with Crippen LogP contribution in [-0.2, 0) is 11.3 Å². The molecule has 188 valence electrons. The Hall–Kier alpha value is -3.43. The Morgan fingerprint density at radius 1 is 1.22 bits per heavy atom. The molecule has 8 nitrogen and oxygen atoms in total. The van der Waals surface area contributed by atoms with Gasteiger partial charge in [0.05, 0.1) is 29.2 Å². The van der Waals surface area contributed by atoms with Crippen LogP contribution in [0.1, 0.15) is 47.6 Å². The molecule has 1 saturated heterocycles. The summed E-state index contributed by atoms with van der Waals surface area (Å²) in [7, 11) is 0. The number of carbonyl (C=O) groups excluding carboxylic acids is 1. The largest absolute Gasteiger partial charge is 0.487 e. The first kappa shape index (κ1) is 23.0. The maximum atomic E-state index is 15.6. The van der Waals surface area contributed by atoms with Gasteiger partial charge in [-0.2, -0.15) is 0 Å². The maximum absolute atomic E-state index is 15.6. The monoisotopic (exact) mass is 494 g/mol. The van der Waals surface area contributed by atoms with Gasteiger partial charge >= 0.3 is 5.97 Å². The quantitative estimate of drug-likeness (QED) is 0.526. The van der Waals surface area contributed by atoms with E-state index in [-0.39, 0.29) is 60.7 Å². The fourth-order valence-electron chi connectivity index (χ4n) is 5.36. The molecule has 9 heteroatoms. The Kier molecular flexibility index (Phi) is 5.49. The molecule has 3 aromatic rings. The predicted molar refractivity (Wildman–Crippen MR) is 130 cm³/mol. The maximum Gasteiger partial charge on any atom is 0.343 e. The van der Waals surface area contributed by atoms with Gasteiger partial charge in [-0.15, -0.1) is 0 Å². The van der Waals surface area contributed by atoms with Crippen LogP contribution < -0.4 is 15.1 Å². The zero-order chi connectivity index (χ0) is 25.0. The minimum absolute atomic E-state index is 0.0266. The van der Waals surface area contributed by atoms with E-state index in [2.05, 4.69) is 0 Å². The molecule has 2 N–H and O–H groups in total. The second kappa shape index (κ2) is 8.60. The molecule has 3 heterocycles. The van der Waals surface area contributed by atoms with E-state index in [1.165, 1.54) is 12.3 Å². The number of fused-ring (bicyclic) bond motifs is 5. The lowest BCUT2D eigenvalue weighted by Gasteiger charge is -2.47. The van der Waals surface area contributed by atoms with E-state index in [1.54, 1.807) is 0 Å². The van der Waals surface area contributed by atoms with E-state index in [4.69, 9.17) is 9.47 Å². The third-order valence-electron chi connectivity index (χ3n) is 7.45. The van der Waals surface area contributed by atoms with Crippen LogP contribution in [0.4, 0.5) is 10.1 Å². The number of ether oxygens (including phenoxy) is 2. The molecule has 0 radical (unpaired) electrons. The van der Waals surface area contributed by atoms with Crippen molar-refractivity contribution in [3.63, 3.8) is 0 Å². The molecular formula is C27H27FN2O6. The number of esters is 1. The van der Waals surface area contributed by atoms with Crippen LogP contribution in [0.3, 0.4) is 0 Å². The molecule has 36 heavy (non-hydrogen) atoms. The molecule has 1 aliphatic carbocycles. The van der Waals surface area contributed by atoms with Crippen LogP contribution in [0.2, 0.25) is 0 Å². The van der Waals surface area contributed by atoms with Crippen molar-refractivity contribution in [2.75, 3.05) is 24.7 Å². The highest BCUT2D eigenvalue weighted by atomic mass is 19.1. The fraction of sp³-hybridized carbons (Fsp3) is 0.407. The summed E-state index contributed by atoms with van der Waals surface area (Å²) in [6.07, 6.45) is 3.81. The third-order valence-corrected chi connectivity index (χ3v) is 7.45. The molecule has 2 fully saturated rings. The third kappa shape index (κ3) is 3.83. The Morgan fingerprint density at radius 2 is 2.00 bits per heavy atom. The van der Waals surface area contributed by atoms with Gasteiger partial charge in [-0.1, -0.05) is 30.3 Å². The summed E-state index contributed by atoms with van der Waals surface area (Å²) in [5.41, 5.74) is -0.427. The molecule has 3 aliphatic rings. The van der Waals surface area contributed by atoms with Crippen molar-refractivity contribution in [3.8, 4) is 5.75 Å². The fourth-order valence-corrected chi connectivity index (χ4v) is 5.36. The predicted octanol–water partition coefficient (Wildman–Crippen LogP) is 2.92. The molecule has 0 amide bonds. The van der Waals surface area contributed by atoms with Crippen LogP contribution >= 0.6 is 0 Å². The highest BCUT2D eigenvalue weighted by Crippen LogP contribution is 2.47. The number of rotatable bonds is 5. The Labute approximate surface area is 206 Å². The van der Waals surface area contributed by atoms with Gasteiger partial charge in [0.25, 0.3) is 0 Å². The molecular weight excluding hydrogens is 467 g/mol. The summed E-state index contributed by atoms with van der Waals surface area (Å²) in [4.78, 5) is 28.2. The van der Waals surface area contributed by atoms with Gasteiger partial charge < -0.3 is 29.2 Å². The van der Waals surface area contributed by atoms with Crippen LogP contribution in [0.15, 0.2) is 47.4 Å². The Bertz CT molecular complexity index is 1400. The van der Waals surface area contributed by atoms with Crippen molar-refractivity contribution >= 4 is 22.6 Å². The Balaban J connectivity index is 1.42. The lowest BCUT2D eigenvalue weighted by Crippen LogP contribution is -2.56. The number of hydrogen-bond donors (Lipinski definition) is 2. The highest BCUT2D eigenvalue weighted by Gasteiger charge is 2.43. The van der Waals surface area contributed by atoms with Crippen molar-refractivity contribution in [1.29, 1.82) is 0 Å². The van der Waals surface area contributed by atoms with Crippen molar-refractivity contribution in [2.45, 2.75) is 50.0 Å². The summed E-state index contributed by atoms with van der Waals surface area (Å²) in [6, 6.07) is 10.1. The molecule has 1 saturated carbocycles. The Morgan fingerprint density at radius 3 is 2.72 bits per heavy atom. The van der Waals surface area contributed by atoms with Gasteiger partial charge in [-0.05, 0) is 30.9 Å². The number of carbonyl (C=O) groups is 1. The van der Waals surface area contributed by atoms with Gasteiger partial charge in [0, 0.05) is 25.2 Å². The molecule has 0 bridgehead atoms. The molecule has 2 aromatic carbocycles. The number of nitrogens with zero attached hydrogens (tertiary/aromatic N) is 2. The normalized spacial score (nSPS) is 23.1. The minimum atomic E-state index is -1.22. The van der Waals surface area contributed by atoms with Gasteiger partial charge in [-0.3, -0.25) is 4.79 Å². The van der Waals surface area contributed by atoms with E-state index in [1.807, 2.05) is 39.8 Å². The first-order valence-electron chi connectivity index (χ1n) is 12.2. The van der Waals surface area contributed by atoms with E-state index in [0.717, 1.165) is 18.4 Å². The van der Waals surface area contributed by atoms with Crippen molar-refractivity contribution in [3.05, 3.63) is 69.8 Å². The number of piperidine rings is 1. The minimum Gasteiger partial charge on any atom is -0.487 e. The standard InChI is InChI=1S/C27H27FN2O6/c28-21-10-19-22(25-23(21)29-9-8-27(34,15-31)11-18(29)14-35-25)30(17-6-7-17)12-20(24(19)32)26(33)36-13-16-4-2-1-3-5-16/h1-5,10,12,17-18,31,34H,6-9,11,13-15H2/t18-,27-/m1/s1. The number of aliphatic hydroxyl groups excluding tert-OH is 1. The van der Waals surface area contributed by atoms with Crippen LogP contribution in [-0.4, -0.2) is 52.2 Å². The summed E-state index contributed by atoms with van der Waals surface area (Å²) in [5, 5.41) is 20.2. The number of hydrogen-bond acceptors (Lipinski definition) is 7. The molecule has 6 rings (SSSR count). The molecule has 1 aromatic heterocycles. The zero-order valence-corrected chi connectivity index (χ0v) is 19.7. The average Bonchev–Trinajstić information content (AvgIpc) is 3.73. The van der Waals surface area contributed by atoms with E-state index < -0.39 is 22.8 Å². The number of anilines is 1. The van der Waals surface area contributed by atoms with Gasteiger partial charge in [0.1, 0.15) is 24.5 Å². The van der Waals surface area contributed by atoms with Gasteiger partial charge in [-0.25, -0.2) is 9.18 Å². The summed E-state index contributed by atoms with van der Waals surface area (Å²) >= 11 is 0. The molecule has 2 aliphatic heterocycles. The molecule has 0 spiro atoms. The zero-order valence-electron chi connectivity index (χ0n) is 19.7. The topological polar surface area (TPSA) is 101 Å². The number of halogens is 1. The van der Waals surface area contributed by atoms with Crippen molar-refractivity contribution < 1.29 is 28.9 Å². The summed E-state index contributed by atoms with van der Waals surface area (Å²) in [6.45, 7) is 0.194. The van der Waals surface area contributed by atoms with E-state index in [0.29, 0.717) is 18.5 Å². The first-order chi connectivity index (χ1) is 17.4. The summed E-state index contributed by atoms with van der Waals surface area (Å²) in [5.74, 6) is -1.09. The lowest BCUT2D eigenvalue weighted by atomic mass is 9.86. The van der Waals surface area contributed by atoms with E-state index >= 15 is 4.39 Å². The van der Waals surface area contributed by atoms with Crippen molar-refractivity contribution in [2.24, 2.45) is 0 Å². The van der Waals surface area contributed by atoms with Crippen LogP contribution in [0, 0.1) is 5.82 Å². The summed E-state index contributed by atoms with van der Waals surface area (Å²) < 4.78 is 28.9. The first-order valence-corrected chi connectivity index (χ1v) is 12.2. The number of aromatic nitrogens is 1. The average molecular weight is 495 g/mol. The number of benzene rings is 2. The molecule has 2 atom stereocenters. The second-order valence-corrected chi connectivity index (χ2v) is 10.00. The highest BCUT2D eigenvalue weighted by molar-refractivity contribution is 5.98. The number of pyridine rings is 1. The molecule has 0 unspecified atom stereocenters. The van der Waals surface area contributed by atoms with E-state index in [9.17, 15) is 19.8 Å². The number of aliphatic hydroxyl groups is 2.